The van der Waals surface area contributed by atoms with Gasteiger partial charge in [0.25, 0.3) is 0 Å². The molecule has 0 spiro atoms. The maximum Gasteiger partial charge on any atom is 0.141 e. The van der Waals surface area contributed by atoms with E-state index >= 15 is 0 Å². The molecule has 1 aliphatic rings. The summed E-state index contributed by atoms with van der Waals surface area (Å²) in [7, 11) is 0. The van der Waals surface area contributed by atoms with Crippen molar-refractivity contribution in [2.24, 2.45) is 17.3 Å². The van der Waals surface area contributed by atoms with Crippen molar-refractivity contribution in [3.63, 3.8) is 0 Å². The lowest BCUT2D eigenvalue weighted by Crippen LogP contribution is -2.28. The lowest BCUT2D eigenvalue weighted by atomic mass is 9.86. The predicted octanol–water partition coefficient (Wildman–Crippen LogP) is 2.01. The molecule has 0 heterocycles. The van der Waals surface area contributed by atoms with E-state index in [0.717, 1.165) is 6.42 Å². The van der Waals surface area contributed by atoms with Gasteiger partial charge in [0.15, 0.2) is 0 Å². The maximum atomic E-state index is 11.8. The van der Waals surface area contributed by atoms with E-state index < -0.39 is 5.60 Å². The van der Waals surface area contributed by atoms with E-state index in [1.54, 1.807) is 13.8 Å². The van der Waals surface area contributed by atoms with Gasteiger partial charge in [0.2, 0.25) is 0 Å². The van der Waals surface area contributed by atoms with Gasteiger partial charge in [-0.2, -0.15) is 0 Å². The highest BCUT2D eigenvalue weighted by Crippen LogP contribution is 2.49. The number of hydrogen-bond donors (Lipinski definition) is 1. The maximum absolute atomic E-state index is 11.8. The molecule has 0 aliphatic heterocycles. The Balaban J connectivity index is 2.58. The molecule has 76 valence electrons. The molecule has 0 radical (unpaired) electrons. The molecule has 2 heteroatoms. The molecule has 1 saturated carbocycles. The zero-order valence-electron chi connectivity index (χ0n) is 9.22. The first-order valence-electron chi connectivity index (χ1n) is 4.90. The summed E-state index contributed by atoms with van der Waals surface area (Å²) in [4.78, 5) is 11.8. The van der Waals surface area contributed by atoms with Crippen LogP contribution in [0.3, 0.4) is 0 Å². The van der Waals surface area contributed by atoms with E-state index in [4.69, 9.17) is 0 Å². The standard InChI is InChI=1S/C11H20O2/c1-10(2,3)9(12)7-6-8(7)11(4,5)13/h7-8,13H,6H2,1-5H3/t7-,8+/m0/s1. The summed E-state index contributed by atoms with van der Waals surface area (Å²) in [5.41, 5.74) is -0.948. The third kappa shape index (κ3) is 2.31. The lowest BCUT2D eigenvalue weighted by molar-refractivity contribution is -0.128. The SMILES string of the molecule is CC(C)(C)C(=O)[C@H]1C[C@H]1C(C)(C)O. The normalized spacial score (nSPS) is 28.8. The van der Waals surface area contributed by atoms with Crippen molar-refractivity contribution >= 4 is 5.78 Å². The van der Waals surface area contributed by atoms with Crippen molar-refractivity contribution < 1.29 is 9.90 Å². The third-order valence-electron chi connectivity index (χ3n) is 2.77. The van der Waals surface area contributed by atoms with Gasteiger partial charge in [0.1, 0.15) is 5.78 Å². The number of hydrogen-bond acceptors (Lipinski definition) is 2. The van der Waals surface area contributed by atoms with Gasteiger partial charge in [-0.15, -0.1) is 0 Å². The van der Waals surface area contributed by atoms with Crippen LogP contribution in [0.2, 0.25) is 0 Å². The molecule has 0 aromatic rings. The van der Waals surface area contributed by atoms with Gasteiger partial charge in [0, 0.05) is 11.3 Å². The van der Waals surface area contributed by atoms with Crippen molar-refractivity contribution in [3.8, 4) is 0 Å². The Bertz CT molecular complexity index is 217. The van der Waals surface area contributed by atoms with Gasteiger partial charge in [-0.25, -0.2) is 0 Å². The number of Topliss-reactive ketones (excluding diaryl/α,β-unsaturated/α-hetero) is 1. The number of rotatable bonds is 2. The fraction of sp³-hybridized carbons (Fsp3) is 0.909. The molecular weight excluding hydrogens is 164 g/mol. The minimum absolute atomic E-state index is 0.0972. The van der Waals surface area contributed by atoms with E-state index in [9.17, 15) is 9.90 Å². The molecule has 13 heavy (non-hydrogen) atoms. The first-order chi connectivity index (χ1) is 5.64. The Morgan fingerprint density at radius 3 is 1.92 bits per heavy atom. The van der Waals surface area contributed by atoms with E-state index in [0.29, 0.717) is 5.78 Å². The van der Waals surface area contributed by atoms with Gasteiger partial charge < -0.3 is 5.11 Å². The number of ketones is 1. The molecule has 0 unspecified atom stereocenters. The van der Waals surface area contributed by atoms with Crippen LogP contribution in [0.1, 0.15) is 41.0 Å². The van der Waals surface area contributed by atoms with Crippen LogP contribution >= 0.6 is 0 Å². The van der Waals surface area contributed by atoms with Gasteiger partial charge in [0.05, 0.1) is 5.60 Å². The molecular formula is C11H20O2. The second-order valence-corrected chi connectivity index (χ2v) is 5.72. The van der Waals surface area contributed by atoms with Crippen molar-refractivity contribution in [3.05, 3.63) is 0 Å². The van der Waals surface area contributed by atoms with Crippen LogP contribution in [0.25, 0.3) is 0 Å². The summed E-state index contributed by atoms with van der Waals surface area (Å²) in [5.74, 6) is 0.568. The second-order valence-electron chi connectivity index (χ2n) is 5.72. The Hall–Kier alpha value is -0.370. The van der Waals surface area contributed by atoms with E-state index in [2.05, 4.69) is 0 Å². The van der Waals surface area contributed by atoms with Crippen molar-refractivity contribution in [2.45, 2.75) is 46.6 Å². The molecule has 1 fully saturated rings. The van der Waals surface area contributed by atoms with Crippen LogP contribution in [0.4, 0.5) is 0 Å². The molecule has 0 amide bonds. The summed E-state index contributed by atoms with van der Waals surface area (Å²) < 4.78 is 0. The fourth-order valence-corrected chi connectivity index (χ4v) is 1.82. The van der Waals surface area contributed by atoms with Crippen LogP contribution in [0.15, 0.2) is 0 Å². The summed E-state index contributed by atoms with van der Waals surface area (Å²) >= 11 is 0. The summed E-state index contributed by atoms with van der Waals surface area (Å²) in [6.45, 7) is 9.39. The Kier molecular flexibility index (Phi) is 2.31. The van der Waals surface area contributed by atoms with Gasteiger partial charge in [-0.05, 0) is 26.2 Å². The zero-order chi connectivity index (χ0) is 10.4. The molecule has 0 aromatic carbocycles. The highest BCUT2D eigenvalue weighted by molar-refractivity contribution is 5.88. The molecule has 1 rings (SSSR count). The van der Waals surface area contributed by atoms with Crippen LogP contribution in [0.5, 0.6) is 0 Å². The number of carbonyl (C=O) groups is 1. The molecule has 2 nitrogen and oxygen atoms in total. The van der Waals surface area contributed by atoms with Gasteiger partial charge >= 0.3 is 0 Å². The van der Waals surface area contributed by atoms with Crippen LogP contribution in [-0.4, -0.2) is 16.5 Å². The Morgan fingerprint density at radius 2 is 1.69 bits per heavy atom. The Morgan fingerprint density at radius 1 is 1.23 bits per heavy atom. The second kappa shape index (κ2) is 2.81. The summed E-state index contributed by atoms with van der Waals surface area (Å²) in [6, 6.07) is 0. The molecule has 0 bridgehead atoms. The first kappa shape index (κ1) is 10.7. The van der Waals surface area contributed by atoms with Crippen LogP contribution < -0.4 is 0 Å². The lowest BCUT2D eigenvalue weighted by Gasteiger charge is -2.20. The van der Waals surface area contributed by atoms with Crippen LogP contribution in [0, 0.1) is 17.3 Å². The minimum Gasteiger partial charge on any atom is -0.390 e. The van der Waals surface area contributed by atoms with Crippen LogP contribution in [-0.2, 0) is 4.79 Å². The smallest absolute Gasteiger partial charge is 0.141 e. The first-order valence-corrected chi connectivity index (χ1v) is 4.90. The van der Waals surface area contributed by atoms with Crippen molar-refractivity contribution in [1.82, 2.24) is 0 Å². The molecule has 2 atom stereocenters. The van der Waals surface area contributed by atoms with Crippen molar-refractivity contribution in [2.75, 3.05) is 0 Å². The minimum atomic E-state index is -0.689. The summed E-state index contributed by atoms with van der Waals surface area (Å²) in [6.07, 6.45) is 0.861. The summed E-state index contributed by atoms with van der Waals surface area (Å²) in [5, 5.41) is 9.69. The van der Waals surface area contributed by atoms with E-state index in [1.807, 2.05) is 20.8 Å². The number of aliphatic hydroxyl groups is 1. The van der Waals surface area contributed by atoms with E-state index in [1.165, 1.54) is 0 Å². The van der Waals surface area contributed by atoms with Gasteiger partial charge in [-0.1, -0.05) is 20.8 Å². The average molecular weight is 184 g/mol. The zero-order valence-corrected chi connectivity index (χ0v) is 9.22. The topological polar surface area (TPSA) is 37.3 Å². The molecule has 0 saturated heterocycles. The molecule has 1 N–H and O–H groups in total. The number of carbonyl (C=O) groups excluding carboxylic acids is 1. The highest BCUT2D eigenvalue weighted by Gasteiger charge is 2.52. The Labute approximate surface area is 80.3 Å². The van der Waals surface area contributed by atoms with Gasteiger partial charge in [-0.3, -0.25) is 4.79 Å². The monoisotopic (exact) mass is 184 g/mol. The fourth-order valence-electron chi connectivity index (χ4n) is 1.82. The molecule has 0 aromatic heterocycles. The third-order valence-corrected chi connectivity index (χ3v) is 2.77. The average Bonchev–Trinajstić information content (AvgIpc) is 2.58. The largest absolute Gasteiger partial charge is 0.390 e. The van der Waals surface area contributed by atoms with E-state index in [-0.39, 0.29) is 17.3 Å². The quantitative estimate of drug-likeness (QED) is 0.712. The molecule has 1 aliphatic carbocycles. The predicted molar refractivity (Wildman–Crippen MR) is 52.4 cm³/mol. The van der Waals surface area contributed by atoms with Crippen molar-refractivity contribution in [1.29, 1.82) is 0 Å². The highest BCUT2D eigenvalue weighted by atomic mass is 16.3.